The highest BCUT2D eigenvalue weighted by molar-refractivity contribution is 6.00. The van der Waals surface area contributed by atoms with Crippen LogP contribution in [-0.4, -0.2) is 47.4 Å². The number of carbonyl (C=O) groups is 3. The minimum absolute atomic E-state index is 0.0828. The molecule has 1 N–H and O–H groups in total. The van der Waals surface area contributed by atoms with Gasteiger partial charge in [-0.25, -0.2) is 4.79 Å². The third kappa shape index (κ3) is 5.31. The number of Topliss-reactive ketones (excluding diaryl/α,β-unsaturated/α-hetero) is 1. The Labute approximate surface area is 148 Å². The molecule has 0 spiro atoms. The first-order valence-corrected chi connectivity index (χ1v) is 8.54. The second-order valence-corrected chi connectivity index (χ2v) is 7.34. The molecular weight excluding hydrogens is 320 g/mol. The highest BCUT2D eigenvalue weighted by atomic mass is 16.6. The number of carbonyl (C=O) groups excluding carboxylic acids is 3. The molecule has 1 fully saturated rings. The Hall–Kier alpha value is -2.37. The summed E-state index contributed by atoms with van der Waals surface area (Å²) in [6.45, 7) is 7.71. The number of ether oxygens (including phenoxy) is 1. The first-order valence-electron chi connectivity index (χ1n) is 8.54. The fourth-order valence-electron chi connectivity index (χ4n) is 2.71. The average Bonchev–Trinajstić information content (AvgIpc) is 3.01. The number of ketones is 1. The predicted molar refractivity (Wildman–Crippen MR) is 94.5 cm³/mol. The van der Waals surface area contributed by atoms with E-state index < -0.39 is 17.7 Å². The van der Waals surface area contributed by atoms with Gasteiger partial charge in [0.2, 0.25) is 5.91 Å². The van der Waals surface area contributed by atoms with Crippen LogP contribution in [0.15, 0.2) is 24.3 Å². The third-order valence-electron chi connectivity index (χ3n) is 3.98. The lowest BCUT2D eigenvalue weighted by Crippen LogP contribution is -2.48. The lowest BCUT2D eigenvalue weighted by Gasteiger charge is -2.28. The van der Waals surface area contributed by atoms with Crippen molar-refractivity contribution in [3.8, 4) is 0 Å². The largest absolute Gasteiger partial charge is 0.444 e. The molecule has 1 heterocycles. The molecule has 1 aromatic carbocycles. The molecule has 1 atom stereocenters. The van der Waals surface area contributed by atoms with Crippen molar-refractivity contribution >= 4 is 17.8 Å². The Morgan fingerprint density at radius 3 is 2.44 bits per heavy atom. The van der Waals surface area contributed by atoms with Crippen molar-refractivity contribution in [2.24, 2.45) is 0 Å². The maximum absolute atomic E-state index is 12.4. The Kier molecular flexibility index (Phi) is 5.82. The van der Waals surface area contributed by atoms with Crippen LogP contribution in [0.2, 0.25) is 0 Å². The van der Waals surface area contributed by atoms with Crippen LogP contribution in [0.25, 0.3) is 0 Å². The van der Waals surface area contributed by atoms with Gasteiger partial charge >= 0.3 is 6.09 Å². The maximum atomic E-state index is 12.4. The highest BCUT2D eigenvalue weighted by Gasteiger charge is 2.36. The number of amides is 2. The normalized spacial score (nSPS) is 17.3. The summed E-state index contributed by atoms with van der Waals surface area (Å²) in [5, 5.41) is 2.65. The second kappa shape index (κ2) is 7.68. The van der Waals surface area contributed by atoms with Gasteiger partial charge in [-0.3, -0.25) is 14.5 Å². The second-order valence-electron chi connectivity index (χ2n) is 7.34. The van der Waals surface area contributed by atoms with Crippen LogP contribution < -0.4 is 5.32 Å². The van der Waals surface area contributed by atoms with E-state index in [-0.39, 0.29) is 18.2 Å². The Morgan fingerprint density at radius 2 is 1.84 bits per heavy atom. The third-order valence-corrected chi connectivity index (χ3v) is 3.98. The summed E-state index contributed by atoms with van der Waals surface area (Å²) in [7, 11) is 0. The average molecular weight is 346 g/mol. The van der Waals surface area contributed by atoms with Gasteiger partial charge in [0.25, 0.3) is 0 Å². The van der Waals surface area contributed by atoms with Gasteiger partial charge < -0.3 is 10.1 Å². The van der Waals surface area contributed by atoms with E-state index in [0.717, 1.165) is 12.0 Å². The van der Waals surface area contributed by atoms with Gasteiger partial charge in [-0.15, -0.1) is 0 Å². The number of likely N-dealkylation sites (tertiary alicyclic amines) is 1. The number of rotatable bonds is 4. The van der Waals surface area contributed by atoms with Crippen molar-refractivity contribution in [1.82, 2.24) is 10.2 Å². The monoisotopic (exact) mass is 346 g/mol. The molecule has 2 rings (SSSR count). The van der Waals surface area contributed by atoms with E-state index in [1.165, 1.54) is 4.90 Å². The quantitative estimate of drug-likeness (QED) is 0.851. The molecule has 1 aliphatic heterocycles. The summed E-state index contributed by atoms with van der Waals surface area (Å²) in [6.07, 6.45) is 0.822. The van der Waals surface area contributed by atoms with E-state index in [2.05, 4.69) is 5.32 Å². The molecule has 0 saturated carbocycles. The molecule has 0 bridgehead atoms. The minimum Gasteiger partial charge on any atom is -0.444 e. The SMILES string of the molecule is Cc1ccc(C(=O)CNC(=O)[C@@H]2CCCN2C(=O)OC(C)(C)C)cc1. The molecule has 0 aromatic heterocycles. The fraction of sp³-hybridized carbons (Fsp3) is 0.526. The number of hydrogen-bond donors (Lipinski definition) is 1. The van der Waals surface area contributed by atoms with Crippen molar-refractivity contribution < 1.29 is 19.1 Å². The van der Waals surface area contributed by atoms with E-state index >= 15 is 0 Å². The van der Waals surface area contributed by atoms with Crippen molar-refractivity contribution in [2.75, 3.05) is 13.1 Å². The van der Waals surface area contributed by atoms with E-state index in [1.807, 2.05) is 19.1 Å². The van der Waals surface area contributed by atoms with Crippen molar-refractivity contribution in [3.63, 3.8) is 0 Å². The van der Waals surface area contributed by atoms with Crippen LogP contribution in [0.4, 0.5) is 4.79 Å². The summed E-state index contributed by atoms with van der Waals surface area (Å²) in [6, 6.07) is 6.62. The van der Waals surface area contributed by atoms with Crippen molar-refractivity contribution in [1.29, 1.82) is 0 Å². The van der Waals surface area contributed by atoms with Crippen LogP contribution in [0.1, 0.15) is 49.5 Å². The topological polar surface area (TPSA) is 75.7 Å². The van der Waals surface area contributed by atoms with Gasteiger partial charge in [-0.05, 0) is 40.5 Å². The number of benzene rings is 1. The van der Waals surface area contributed by atoms with E-state index in [4.69, 9.17) is 4.74 Å². The Morgan fingerprint density at radius 1 is 1.20 bits per heavy atom. The number of nitrogens with zero attached hydrogens (tertiary/aromatic N) is 1. The summed E-state index contributed by atoms with van der Waals surface area (Å²) >= 11 is 0. The molecule has 2 amide bonds. The van der Waals surface area contributed by atoms with Crippen LogP contribution in [0.5, 0.6) is 0 Å². The van der Waals surface area contributed by atoms with Gasteiger partial charge in [-0.1, -0.05) is 29.8 Å². The highest BCUT2D eigenvalue weighted by Crippen LogP contribution is 2.21. The molecule has 0 radical (unpaired) electrons. The molecule has 1 aromatic rings. The predicted octanol–water partition coefficient (Wildman–Crippen LogP) is 2.69. The lowest BCUT2D eigenvalue weighted by molar-refractivity contribution is -0.125. The first kappa shape index (κ1) is 19.0. The molecule has 1 aliphatic rings. The van der Waals surface area contributed by atoms with Crippen molar-refractivity contribution in [3.05, 3.63) is 35.4 Å². The molecular formula is C19H26N2O4. The van der Waals surface area contributed by atoms with Crippen LogP contribution >= 0.6 is 0 Å². The molecule has 6 nitrogen and oxygen atoms in total. The zero-order valence-corrected chi connectivity index (χ0v) is 15.3. The summed E-state index contributed by atoms with van der Waals surface area (Å²) in [5.41, 5.74) is 1.02. The van der Waals surface area contributed by atoms with Crippen LogP contribution in [0, 0.1) is 6.92 Å². The van der Waals surface area contributed by atoms with Gasteiger partial charge in [0.15, 0.2) is 5.78 Å². The summed E-state index contributed by atoms with van der Waals surface area (Å²) in [4.78, 5) is 38.2. The van der Waals surface area contributed by atoms with Crippen LogP contribution in [-0.2, 0) is 9.53 Å². The van der Waals surface area contributed by atoms with E-state index in [1.54, 1.807) is 32.9 Å². The number of hydrogen-bond acceptors (Lipinski definition) is 4. The fourth-order valence-corrected chi connectivity index (χ4v) is 2.71. The molecule has 6 heteroatoms. The van der Waals surface area contributed by atoms with Crippen LogP contribution in [0.3, 0.4) is 0 Å². The molecule has 25 heavy (non-hydrogen) atoms. The van der Waals surface area contributed by atoms with Gasteiger partial charge in [0.1, 0.15) is 11.6 Å². The van der Waals surface area contributed by atoms with E-state index in [9.17, 15) is 14.4 Å². The molecule has 136 valence electrons. The van der Waals surface area contributed by atoms with Gasteiger partial charge in [-0.2, -0.15) is 0 Å². The molecule has 0 aliphatic carbocycles. The lowest BCUT2D eigenvalue weighted by atomic mass is 10.1. The Bertz CT molecular complexity index is 646. The maximum Gasteiger partial charge on any atom is 0.410 e. The van der Waals surface area contributed by atoms with Crippen molar-refractivity contribution in [2.45, 2.75) is 52.2 Å². The molecule has 0 unspecified atom stereocenters. The Balaban J connectivity index is 1.92. The standard InChI is InChI=1S/C19H26N2O4/c1-13-7-9-14(10-8-13)16(22)12-20-17(23)15-6-5-11-21(15)18(24)25-19(2,3)4/h7-10,15H,5-6,11-12H2,1-4H3,(H,20,23)/t15-/m0/s1. The smallest absolute Gasteiger partial charge is 0.410 e. The minimum atomic E-state index is -0.609. The summed E-state index contributed by atoms with van der Waals surface area (Å²) in [5.74, 6) is -0.473. The zero-order valence-electron chi connectivity index (χ0n) is 15.3. The summed E-state index contributed by atoms with van der Waals surface area (Å²) < 4.78 is 5.35. The number of nitrogens with one attached hydrogen (secondary N) is 1. The van der Waals surface area contributed by atoms with Gasteiger partial charge in [0.05, 0.1) is 6.54 Å². The molecule has 1 saturated heterocycles. The zero-order chi connectivity index (χ0) is 18.6. The van der Waals surface area contributed by atoms with Gasteiger partial charge in [0, 0.05) is 12.1 Å². The van der Waals surface area contributed by atoms with E-state index in [0.29, 0.717) is 18.5 Å². The first-order chi connectivity index (χ1) is 11.7. The number of aryl methyl sites for hydroxylation is 1.